The summed E-state index contributed by atoms with van der Waals surface area (Å²) in [6.07, 6.45) is -0.666. The number of carboxylic acids is 1. The van der Waals surface area contributed by atoms with Crippen molar-refractivity contribution in [3.05, 3.63) is 72.1 Å². The molecule has 1 aliphatic heterocycles. The molecule has 35 heavy (non-hydrogen) atoms. The molecular formula is C25H24F3N3O4. The molecule has 0 saturated heterocycles. The van der Waals surface area contributed by atoms with Crippen LogP contribution >= 0.6 is 0 Å². The monoisotopic (exact) mass is 487 g/mol. The number of benzene rings is 2. The van der Waals surface area contributed by atoms with Crippen LogP contribution in [-0.2, 0) is 0 Å². The van der Waals surface area contributed by atoms with Crippen LogP contribution in [0.1, 0.15) is 28.3 Å². The lowest BCUT2D eigenvalue weighted by Gasteiger charge is -2.28. The molecule has 2 aromatic carbocycles. The molecule has 0 bridgehead atoms. The lowest BCUT2D eigenvalue weighted by atomic mass is 9.92. The van der Waals surface area contributed by atoms with E-state index in [1.165, 1.54) is 30.6 Å². The van der Waals surface area contributed by atoms with Gasteiger partial charge in [-0.1, -0.05) is 6.07 Å². The van der Waals surface area contributed by atoms with Crippen molar-refractivity contribution in [3.63, 3.8) is 0 Å². The highest BCUT2D eigenvalue weighted by Crippen LogP contribution is 2.38. The number of fused-ring (bicyclic) bond motifs is 1. The zero-order valence-corrected chi connectivity index (χ0v) is 18.9. The molecule has 0 radical (unpaired) electrons. The van der Waals surface area contributed by atoms with E-state index in [9.17, 15) is 23.1 Å². The van der Waals surface area contributed by atoms with Crippen molar-refractivity contribution >= 4 is 23.0 Å². The minimum atomic E-state index is -4.39. The minimum Gasteiger partial charge on any atom is -0.493 e. The van der Waals surface area contributed by atoms with Crippen molar-refractivity contribution in [1.82, 2.24) is 4.98 Å². The molecule has 1 aromatic heterocycles. The summed E-state index contributed by atoms with van der Waals surface area (Å²) in [5.74, 6) is -0.0228. The third-order valence-electron chi connectivity index (χ3n) is 5.77. The van der Waals surface area contributed by atoms with Gasteiger partial charge in [0.15, 0.2) is 6.61 Å². The molecule has 3 aromatic rings. The van der Waals surface area contributed by atoms with E-state index in [1.54, 1.807) is 12.1 Å². The summed E-state index contributed by atoms with van der Waals surface area (Å²) in [5.41, 5.74) is 3.27. The maximum Gasteiger partial charge on any atom is 0.422 e. The van der Waals surface area contributed by atoms with Crippen LogP contribution in [0.4, 0.5) is 30.2 Å². The first-order valence-corrected chi connectivity index (χ1v) is 10.9. The topological polar surface area (TPSA) is 83.9 Å². The first-order chi connectivity index (χ1) is 16.7. The Balaban J connectivity index is 1.45. The van der Waals surface area contributed by atoms with Crippen LogP contribution in [0.5, 0.6) is 11.5 Å². The van der Waals surface area contributed by atoms with Crippen molar-refractivity contribution in [3.8, 4) is 11.5 Å². The van der Waals surface area contributed by atoms with E-state index in [0.717, 1.165) is 29.1 Å². The zero-order valence-electron chi connectivity index (χ0n) is 18.9. The average Bonchev–Trinajstić information content (AvgIpc) is 2.85. The van der Waals surface area contributed by atoms with Crippen LogP contribution in [0.3, 0.4) is 0 Å². The summed E-state index contributed by atoms with van der Waals surface area (Å²) < 4.78 is 47.7. The fourth-order valence-electron chi connectivity index (χ4n) is 3.91. The van der Waals surface area contributed by atoms with Crippen LogP contribution in [0, 0.1) is 0 Å². The van der Waals surface area contributed by atoms with Crippen molar-refractivity contribution in [2.75, 3.05) is 37.0 Å². The van der Waals surface area contributed by atoms with Crippen molar-refractivity contribution < 1.29 is 32.5 Å². The number of nitrogens with zero attached hydrogens (tertiary/aromatic N) is 2. The zero-order chi connectivity index (χ0) is 25.0. The number of aromatic nitrogens is 1. The number of hydrogen-bond acceptors (Lipinski definition) is 6. The highest BCUT2D eigenvalue weighted by Gasteiger charge is 2.28. The third-order valence-corrected chi connectivity index (χ3v) is 5.77. The molecule has 0 spiro atoms. The second kappa shape index (κ2) is 10.1. The number of carboxylic acid groups (broad SMARTS) is 1. The number of halogens is 3. The van der Waals surface area contributed by atoms with E-state index in [0.29, 0.717) is 18.8 Å². The van der Waals surface area contributed by atoms with Crippen LogP contribution in [0.15, 0.2) is 60.9 Å². The summed E-state index contributed by atoms with van der Waals surface area (Å²) in [4.78, 5) is 17.3. The molecule has 184 valence electrons. The molecule has 4 rings (SSSR count). The van der Waals surface area contributed by atoms with Crippen LogP contribution in [-0.4, -0.2) is 49.0 Å². The quantitative estimate of drug-likeness (QED) is 0.436. The number of aromatic carboxylic acids is 1. The maximum atomic E-state index is 12.3. The van der Waals surface area contributed by atoms with Gasteiger partial charge in [0.1, 0.15) is 11.5 Å². The smallest absolute Gasteiger partial charge is 0.422 e. The fourth-order valence-corrected chi connectivity index (χ4v) is 3.91. The van der Waals surface area contributed by atoms with Gasteiger partial charge in [-0.3, -0.25) is 4.98 Å². The van der Waals surface area contributed by atoms with Crippen LogP contribution in [0.25, 0.3) is 0 Å². The Morgan fingerprint density at radius 3 is 2.66 bits per heavy atom. The van der Waals surface area contributed by atoms with E-state index in [4.69, 9.17) is 9.47 Å². The van der Waals surface area contributed by atoms with Gasteiger partial charge in [-0.25, -0.2) is 4.79 Å². The summed E-state index contributed by atoms with van der Waals surface area (Å²) >= 11 is 0. The average molecular weight is 487 g/mol. The minimum absolute atomic E-state index is 0.116. The number of carbonyl (C=O) groups is 1. The standard InChI is InChI=1S/C25H24F3N3O4/c1-31(17-2-5-19(6-3-17)35-15-25(26,27)28)18-4-7-20-16(9-11-34-23(20)12-18)13-30-22-14-29-10-8-21(22)24(32)33/h2-8,10,12,14,16,30H,9,11,13,15H2,1H3,(H,32,33)/t16-/m0/s1. The SMILES string of the molecule is CN(c1ccc(OCC(F)(F)F)cc1)c1ccc2c(c1)OCC[C@H]2CNc1cnccc1C(=O)O. The van der Waals surface area contributed by atoms with Gasteiger partial charge in [0.2, 0.25) is 0 Å². The number of ether oxygens (including phenoxy) is 2. The molecule has 2 N–H and O–H groups in total. The second-order valence-electron chi connectivity index (χ2n) is 8.12. The number of pyridine rings is 1. The Labute approximate surface area is 200 Å². The molecule has 2 heterocycles. The highest BCUT2D eigenvalue weighted by molar-refractivity contribution is 5.93. The predicted molar refractivity (Wildman–Crippen MR) is 125 cm³/mol. The van der Waals surface area contributed by atoms with Gasteiger partial charge in [0.05, 0.1) is 24.1 Å². The van der Waals surface area contributed by atoms with Crippen molar-refractivity contribution in [1.29, 1.82) is 0 Å². The Morgan fingerprint density at radius 1 is 1.20 bits per heavy atom. The molecule has 1 atom stereocenters. The van der Waals surface area contributed by atoms with E-state index in [-0.39, 0.29) is 17.2 Å². The molecule has 0 aliphatic carbocycles. The van der Waals surface area contributed by atoms with Gasteiger partial charge in [0.25, 0.3) is 0 Å². The Hall–Kier alpha value is -3.95. The number of hydrogen-bond donors (Lipinski definition) is 2. The number of anilines is 3. The van der Waals surface area contributed by atoms with E-state index in [2.05, 4.69) is 10.3 Å². The van der Waals surface area contributed by atoms with Gasteiger partial charge in [-0.05, 0) is 48.4 Å². The molecule has 0 fully saturated rings. The molecule has 10 heteroatoms. The normalized spacial score (nSPS) is 15.0. The second-order valence-corrected chi connectivity index (χ2v) is 8.12. The third kappa shape index (κ3) is 5.95. The van der Waals surface area contributed by atoms with Gasteiger partial charge in [-0.2, -0.15) is 13.2 Å². The predicted octanol–water partition coefficient (Wildman–Crippen LogP) is 5.47. The maximum absolute atomic E-state index is 12.3. The lowest BCUT2D eigenvalue weighted by Crippen LogP contribution is -2.22. The largest absolute Gasteiger partial charge is 0.493 e. The number of alkyl halides is 3. The summed E-state index contributed by atoms with van der Waals surface area (Å²) in [5, 5.41) is 12.6. The van der Waals surface area contributed by atoms with Gasteiger partial charge in [-0.15, -0.1) is 0 Å². The van der Waals surface area contributed by atoms with Crippen molar-refractivity contribution in [2.24, 2.45) is 0 Å². The van der Waals surface area contributed by atoms with E-state index >= 15 is 0 Å². The molecule has 0 amide bonds. The van der Waals surface area contributed by atoms with Gasteiger partial charge >= 0.3 is 12.1 Å². The Bertz CT molecular complexity index is 1190. The first-order valence-electron chi connectivity index (χ1n) is 10.9. The summed E-state index contributed by atoms with van der Waals surface area (Å²) in [6, 6.07) is 13.7. The molecule has 0 saturated carbocycles. The number of nitrogens with one attached hydrogen (secondary N) is 1. The first kappa shape index (κ1) is 24.2. The molecule has 7 nitrogen and oxygen atoms in total. The lowest BCUT2D eigenvalue weighted by molar-refractivity contribution is -0.153. The fraction of sp³-hybridized carbons (Fsp3) is 0.280. The number of rotatable bonds is 8. The van der Waals surface area contributed by atoms with E-state index < -0.39 is 18.8 Å². The van der Waals surface area contributed by atoms with Crippen LogP contribution in [0.2, 0.25) is 0 Å². The Kier molecular flexibility index (Phi) is 6.99. The highest BCUT2D eigenvalue weighted by atomic mass is 19.4. The van der Waals surface area contributed by atoms with E-state index in [1.807, 2.05) is 30.1 Å². The van der Waals surface area contributed by atoms with Gasteiger partial charge < -0.3 is 24.8 Å². The van der Waals surface area contributed by atoms with Crippen LogP contribution < -0.4 is 19.7 Å². The molecule has 0 unspecified atom stereocenters. The van der Waals surface area contributed by atoms with Gasteiger partial charge in [0, 0.05) is 43.1 Å². The summed E-state index contributed by atoms with van der Waals surface area (Å²) in [6.45, 7) is -0.285. The molecule has 1 aliphatic rings. The molecular weight excluding hydrogens is 463 g/mol. The summed E-state index contributed by atoms with van der Waals surface area (Å²) in [7, 11) is 1.85. The Morgan fingerprint density at radius 2 is 1.94 bits per heavy atom. The van der Waals surface area contributed by atoms with Crippen molar-refractivity contribution in [2.45, 2.75) is 18.5 Å².